The van der Waals surface area contributed by atoms with Crippen molar-refractivity contribution in [3.05, 3.63) is 36.4 Å². The third-order valence-electron chi connectivity index (χ3n) is 2.51. The van der Waals surface area contributed by atoms with Crippen LogP contribution in [0.1, 0.15) is 5.69 Å². The van der Waals surface area contributed by atoms with Gasteiger partial charge in [-0.15, -0.1) is 0 Å². The molecule has 0 aliphatic heterocycles. The van der Waals surface area contributed by atoms with Gasteiger partial charge in [0.2, 0.25) is 0 Å². The number of H-pyrrole nitrogens is 1. The molecule has 3 aromatic heterocycles. The van der Waals surface area contributed by atoms with E-state index < -0.39 is 0 Å². The average molecular weight is 228 g/mol. The van der Waals surface area contributed by atoms with Crippen LogP contribution in [-0.4, -0.2) is 31.1 Å². The van der Waals surface area contributed by atoms with Gasteiger partial charge in [0.15, 0.2) is 5.82 Å². The number of nitrogens with one attached hydrogen (secondary N) is 1. The summed E-state index contributed by atoms with van der Waals surface area (Å²) in [6.07, 6.45) is 6.17. The van der Waals surface area contributed by atoms with Crippen molar-refractivity contribution in [2.75, 3.05) is 6.54 Å². The minimum absolute atomic E-state index is 0.593. The van der Waals surface area contributed by atoms with Crippen molar-refractivity contribution in [1.29, 1.82) is 0 Å². The van der Waals surface area contributed by atoms with Crippen molar-refractivity contribution in [3.8, 4) is 11.4 Å². The van der Waals surface area contributed by atoms with E-state index in [9.17, 15) is 0 Å². The molecule has 3 rings (SSSR count). The summed E-state index contributed by atoms with van der Waals surface area (Å²) in [7, 11) is 0. The first-order valence-electron chi connectivity index (χ1n) is 5.41. The molecule has 17 heavy (non-hydrogen) atoms. The first kappa shape index (κ1) is 9.98. The molecule has 0 amide bonds. The van der Waals surface area contributed by atoms with Crippen molar-refractivity contribution in [3.63, 3.8) is 0 Å². The van der Waals surface area contributed by atoms with Crippen LogP contribution in [0.5, 0.6) is 0 Å². The number of aromatic amines is 1. The lowest BCUT2D eigenvalue weighted by molar-refractivity contribution is 0.922. The van der Waals surface area contributed by atoms with Crippen LogP contribution in [0.4, 0.5) is 0 Å². The highest BCUT2D eigenvalue weighted by Crippen LogP contribution is 2.14. The van der Waals surface area contributed by atoms with E-state index >= 15 is 0 Å². The fourth-order valence-corrected chi connectivity index (χ4v) is 1.72. The molecule has 3 aromatic rings. The predicted molar refractivity (Wildman–Crippen MR) is 63.3 cm³/mol. The Morgan fingerprint density at radius 1 is 1.35 bits per heavy atom. The number of nitrogens with two attached hydrogens (primary N) is 1. The number of aromatic nitrogens is 5. The Bertz CT molecular complexity index is 592. The summed E-state index contributed by atoms with van der Waals surface area (Å²) in [6.45, 7) is 0.593. The van der Waals surface area contributed by atoms with E-state index in [2.05, 4.69) is 20.1 Å². The molecule has 0 fully saturated rings. The number of fused-ring (bicyclic) bond motifs is 1. The van der Waals surface area contributed by atoms with E-state index in [1.165, 1.54) is 0 Å². The molecule has 0 aromatic carbocycles. The number of imidazole rings is 1. The number of hydrogen-bond acceptors (Lipinski definition) is 4. The molecule has 0 bridgehead atoms. The van der Waals surface area contributed by atoms with E-state index in [-0.39, 0.29) is 0 Å². The Balaban J connectivity index is 2.01. The summed E-state index contributed by atoms with van der Waals surface area (Å²) in [5.74, 6) is 1.42. The topological polar surface area (TPSA) is 84.9 Å². The van der Waals surface area contributed by atoms with Gasteiger partial charge in [-0.2, -0.15) is 4.98 Å². The van der Waals surface area contributed by atoms with Gasteiger partial charge in [0, 0.05) is 24.4 Å². The summed E-state index contributed by atoms with van der Waals surface area (Å²) in [6, 6.07) is 3.83. The molecule has 6 heteroatoms. The van der Waals surface area contributed by atoms with Gasteiger partial charge >= 0.3 is 0 Å². The highest BCUT2D eigenvalue weighted by atomic mass is 15.3. The molecular weight excluding hydrogens is 216 g/mol. The Hall–Kier alpha value is -2.21. The molecular formula is C11H12N6. The van der Waals surface area contributed by atoms with Crippen LogP contribution in [0.25, 0.3) is 17.2 Å². The normalized spacial score (nSPS) is 11.1. The Morgan fingerprint density at radius 3 is 3.00 bits per heavy atom. The first-order valence-corrected chi connectivity index (χ1v) is 5.41. The van der Waals surface area contributed by atoms with Crippen molar-refractivity contribution < 1.29 is 0 Å². The zero-order valence-corrected chi connectivity index (χ0v) is 9.17. The van der Waals surface area contributed by atoms with Crippen LogP contribution in [0.3, 0.4) is 0 Å². The van der Waals surface area contributed by atoms with Crippen molar-refractivity contribution >= 4 is 5.78 Å². The molecule has 0 saturated heterocycles. The van der Waals surface area contributed by atoms with E-state index in [1.54, 1.807) is 16.9 Å². The van der Waals surface area contributed by atoms with Gasteiger partial charge in [0.25, 0.3) is 5.78 Å². The largest absolute Gasteiger partial charge is 0.330 e. The maximum absolute atomic E-state index is 5.48. The molecule has 3 N–H and O–H groups in total. The lowest BCUT2D eigenvalue weighted by atomic mass is 10.3. The van der Waals surface area contributed by atoms with E-state index in [1.807, 2.05) is 18.3 Å². The fourth-order valence-electron chi connectivity index (χ4n) is 1.72. The van der Waals surface area contributed by atoms with E-state index in [4.69, 9.17) is 5.73 Å². The van der Waals surface area contributed by atoms with Crippen LogP contribution in [0.15, 0.2) is 30.7 Å². The lowest BCUT2D eigenvalue weighted by Gasteiger charge is -1.93. The quantitative estimate of drug-likeness (QED) is 0.688. The van der Waals surface area contributed by atoms with Gasteiger partial charge in [0.1, 0.15) is 0 Å². The van der Waals surface area contributed by atoms with Gasteiger partial charge in [-0.05, 0) is 18.7 Å². The average Bonchev–Trinajstić information content (AvgIpc) is 2.88. The SMILES string of the molecule is NCCc1cn2[nH]c(-c3cccnc3)nc2n1. The van der Waals surface area contributed by atoms with Crippen molar-refractivity contribution in [2.24, 2.45) is 5.73 Å². The molecule has 0 unspecified atom stereocenters. The monoisotopic (exact) mass is 228 g/mol. The third kappa shape index (κ3) is 1.78. The van der Waals surface area contributed by atoms with Crippen LogP contribution >= 0.6 is 0 Å². The Labute approximate surface area is 97.5 Å². The summed E-state index contributed by atoms with van der Waals surface area (Å²) in [5, 5.41) is 3.15. The van der Waals surface area contributed by atoms with E-state index in [0.717, 1.165) is 23.5 Å². The summed E-state index contributed by atoms with van der Waals surface area (Å²) in [5.41, 5.74) is 7.38. The van der Waals surface area contributed by atoms with Crippen LogP contribution in [0, 0.1) is 0 Å². The highest BCUT2D eigenvalue weighted by molar-refractivity contribution is 5.55. The first-order chi connectivity index (χ1) is 8.36. The molecule has 6 nitrogen and oxygen atoms in total. The minimum Gasteiger partial charge on any atom is -0.330 e. The van der Waals surface area contributed by atoms with Crippen LogP contribution < -0.4 is 5.73 Å². The molecule has 0 aliphatic rings. The minimum atomic E-state index is 0.593. The van der Waals surface area contributed by atoms with Gasteiger partial charge in [-0.1, -0.05) is 0 Å². The number of rotatable bonds is 3. The van der Waals surface area contributed by atoms with Gasteiger partial charge in [-0.3, -0.25) is 10.1 Å². The smallest absolute Gasteiger partial charge is 0.251 e. The Kier molecular flexibility index (Phi) is 2.34. The van der Waals surface area contributed by atoms with Gasteiger partial charge < -0.3 is 5.73 Å². The molecule has 0 saturated carbocycles. The molecule has 0 spiro atoms. The van der Waals surface area contributed by atoms with Crippen molar-refractivity contribution in [1.82, 2.24) is 24.6 Å². The zero-order valence-electron chi connectivity index (χ0n) is 9.17. The predicted octanol–water partition coefficient (Wildman–Crippen LogP) is 0.621. The second-order valence-electron chi connectivity index (χ2n) is 3.75. The number of pyridine rings is 1. The Morgan fingerprint density at radius 2 is 2.29 bits per heavy atom. The second-order valence-corrected chi connectivity index (χ2v) is 3.75. The summed E-state index contributed by atoms with van der Waals surface area (Å²) >= 11 is 0. The zero-order chi connectivity index (χ0) is 11.7. The molecule has 0 radical (unpaired) electrons. The summed E-state index contributed by atoms with van der Waals surface area (Å²) < 4.78 is 1.80. The maximum atomic E-state index is 5.48. The molecule has 3 heterocycles. The summed E-state index contributed by atoms with van der Waals surface area (Å²) in [4.78, 5) is 12.8. The fraction of sp³-hybridized carbons (Fsp3) is 0.182. The van der Waals surface area contributed by atoms with Crippen molar-refractivity contribution in [2.45, 2.75) is 6.42 Å². The lowest BCUT2D eigenvalue weighted by Crippen LogP contribution is -2.02. The van der Waals surface area contributed by atoms with Gasteiger partial charge in [0.05, 0.1) is 11.9 Å². The number of hydrogen-bond donors (Lipinski definition) is 2. The second kappa shape index (κ2) is 3.99. The molecule has 86 valence electrons. The van der Waals surface area contributed by atoms with E-state index in [0.29, 0.717) is 12.3 Å². The standard InChI is InChI=1S/C11H12N6/c12-4-3-9-7-17-11(14-9)15-10(16-17)8-2-1-5-13-6-8/h1-2,5-7H,3-4,12H2,(H,14,15,16). The highest BCUT2D eigenvalue weighted by Gasteiger charge is 2.08. The molecule has 0 atom stereocenters. The van der Waals surface area contributed by atoms with Crippen LogP contribution in [-0.2, 0) is 6.42 Å². The third-order valence-corrected chi connectivity index (χ3v) is 2.51. The van der Waals surface area contributed by atoms with Crippen LogP contribution in [0.2, 0.25) is 0 Å². The number of nitrogens with zero attached hydrogens (tertiary/aromatic N) is 4. The van der Waals surface area contributed by atoms with Gasteiger partial charge in [-0.25, -0.2) is 9.50 Å². The molecule has 0 aliphatic carbocycles. The maximum Gasteiger partial charge on any atom is 0.251 e.